The van der Waals surface area contributed by atoms with Crippen molar-refractivity contribution in [2.24, 2.45) is 4.99 Å². The summed E-state index contributed by atoms with van der Waals surface area (Å²) in [5.41, 5.74) is 5.22. The molecule has 0 spiro atoms. The first-order chi connectivity index (χ1) is 13.6. The Kier molecular flexibility index (Phi) is 9.18. The van der Waals surface area contributed by atoms with E-state index in [1.165, 1.54) is 22.3 Å². The molecule has 2 aromatic carbocycles. The molecule has 0 bridgehead atoms. The molecular formula is C23H30IN5. The Bertz CT molecular complexity index is 898. The molecule has 3 aromatic rings. The molecule has 2 N–H and O–H groups in total. The maximum Gasteiger partial charge on any atom is 0.191 e. The molecule has 0 radical (unpaired) electrons. The standard InChI is InChI=1S/C23H29N5.HI/c1-18-13-19(2)15-21(14-18)9-10-26-23(24-3)27-16-22-25-11-12-28(22)17-20-7-5-4-6-8-20;/h4-8,11-15H,9-10,16-17H2,1-3H3,(H2,24,26,27);1H. The molecule has 0 fully saturated rings. The second-order valence-corrected chi connectivity index (χ2v) is 7.06. The summed E-state index contributed by atoms with van der Waals surface area (Å²) in [5.74, 6) is 1.78. The monoisotopic (exact) mass is 503 g/mol. The van der Waals surface area contributed by atoms with Crippen molar-refractivity contribution in [2.45, 2.75) is 33.4 Å². The quantitative estimate of drug-likeness (QED) is 0.291. The minimum absolute atomic E-state index is 0. The van der Waals surface area contributed by atoms with Gasteiger partial charge >= 0.3 is 0 Å². The van der Waals surface area contributed by atoms with Crippen LogP contribution in [0, 0.1) is 13.8 Å². The van der Waals surface area contributed by atoms with Crippen LogP contribution in [0.1, 0.15) is 28.1 Å². The van der Waals surface area contributed by atoms with Gasteiger partial charge in [0.1, 0.15) is 5.82 Å². The van der Waals surface area contributed by atoms with Crippen LogP contribution in [0.2, 0.25) is 0 Å². The van der Waals surface area contributed by atoms with Crippen molar-refractivity contribution in [1.29, 1.82) is 0 Å². The van der Waals surface area contributed by atoms with Crippen LogP contribution in [0.3, 0.4) is 0 Å². The molecule has 0 saturated heterocycles. The first-order valence-electron chi connectivity index (χ1n) is 9.69. The van der Waals surface area contributed by atoms with E-state index in [1.54, 1.807) is 7.05 Å². The van der Waals surface area contributed by atoms with Crippen LogP contribution in [-0.2, 0) is 19.5 Å². The van der Waals surface area contributed by atoms with Crippen LogP contribution in [0.25, 0.3) is 0 Å². The average molecular weight is 503 g/mol. The van der Waals surface area contributed by atoms with Gasteiger partial charge in [-0.2, -0.15) is 0 Å². The van der Waals surface area contributed by atoms with Crippen molar-refractivity contribution in [3.63, 3.8) is 0 Å². The zero-order valence-electron chi connectivity index (χ0n) is 17.4. The molecule has 1 aromatic heterocycles. The molecule has 0 amide bonds. The smallest absolute Gasteiger partial charge is 0.191 e. The highest BCUT2D eigenvalue weighted by Gasteiger charge is 2.05. The number of rotatable bonds is 7. The summed E-state index contributed by atoms with van der Waals surface area (Å²) >= 11 is 0. The van der Waals surface area contributed by atoms with Gasteiger partial charge in [-0.3, -0.25) is 4.99 Å². The molecule has 1 heterocycles. The van der Waals surface area contributed by atoms with Crippen LogP contribution in [0.5, 0.6) is 0 Å². The van der Waals surface area contributed by atoms with E-state index in [2.05, 4.69) is 81.5 Å². The van der Waals surface area contributed by atoms with Crippen LogP contribution < -0.4 is 10.6 Å². The minimum atomic E-state index is 0. The lowest BCUT2D eigenvalue weighted by Crippen LogP contribution is -2.38. The number of aromatic nitrogens is 2. The zero-order chi connectivity index (χ0) is 19.8. The summed E-state index contributed by atoms with van der Waals surface area (Å²) in [7, 11) is 1.79. The molecule has 3 rings (SSSR count). The molecule has 5 nitrogen and oxygen atoms in total. The first kappa shape index (κ1) is 22.9. The van der Waals surface area contributed by atoms with E-state index in [1.807, 2.05) is 18.5 Å². The van der Waals surface area contributed by atoms with Gasteiger partial charge in [0.05, 0.1) is 6.54 Å². The summed E-state index contributed by atoms with van der Waals surface area (Å²) in [6.07, 6.45) is 4.82. The van der Waals surface area contributed by atoms with Crippen LogP contribution in [0.4, 0.5) is 0 Å². The van der Waals surface area contributed by atoms with Gasteiger partial charge in [0.15, 0.2) is 5.96 Å². The normalized spacial score (nSPS) is 11.1. The number of hydrogen-bond donors (Lipinski definition) is 2. The summed E-state index contributed by atoms with van der Waals surface area (Å²) in [5, 5.41) is 6.75. The molecule has 0 aliphatic rings. The van der Waals surface area contributed by atoms with E-state index in [0.717, 1.165) is 31.3 Å². The summed E-state index contributed by atoms with van der Waals surface area (Å²) in [4.78, 5) is 8.81. The van der Waals surface area contributed by atoms with E-state index in [-0.39, 0.29) is 24.0 Å². The molecule has 29 heavy (non-hydrogen) atoms. The fourth-order valence-electron chi connectivity index (χ4n) is 3.35. The van der Waals surface area contributed by atoms with Crippen molar-refractivity contribution < 1.29 is 0 Å². The van der Waals surface area contributed by atoms with E-state index < -0.39 is 0 Å². The third-order valence-electron chi connectivity index (χ3n) is 4.62. The Balaban J connectivity index is 0.00000300. The van der Waals surface area contributed by atoms with Gasteiger partial charge in [-0.15, -0.1) is 24.0 Å². The first-order valence-corrected chi connectivity index (χ1v) is 9.69. The fraction of sp³-hybridized carbons (Fsp3) is 0.304. The van der Waals surface area contributed by atoms with Crippen LogP contribution >= 0.6 is 24.0 Å². The lowest BCUT2D eigenvalue weighted by Gasteiger charge is -2.13. The number of hydrogen-bond acceptors (Lipinski definition) is 2. The van der Waals surface area contributed by atoms with Crippen molar-refractivity contribution in [3.05, 3.63) is 89.0 Å². The van der Waals surface area contributed by atoms with Gasteiger partial charge in [0.25, 0.3) is 0 Å². The molecule has 6 heteroatoms. The van der Waals surface area contributed by atoms with Gasteiger partial charge in [-0.05, 0) is 31.4 Å². The number of halogens is 1. The zero-order valence-corrected chi connectivity index (χ0v) is 19.7. The Labute approximate surface area is 190 Å². The Morgan fingerprint density at radius 3 is 2.41 bits per heavy atom. The van der Waals surface area contributed by atoms with Crippen LogP contribution in [0.15, 0.2) is 65.9 Å². The highest BCUT2D eigenvalue weighted by molar-refractivity contribution is 14.0. The average Bonchev–Trinajstić information content (AvgIpc) is 3.11. The van der Waals surface area contributed by atoms with E-state index in [4.69, 9.17) is 0 Å². The Morgan fingerprint density at radius 2 is 1.72 bits per heavy atom. The van der Waals surface area contributed by atoms with Crippen molar-refractivity contribution in [3.8, 4) is 0 Å². The topological polar surface area (TPSA) is 54.2 Å². The molecular weight excluding hydrogens is 473 g/mol. The lowest BCUT2D eigenvalue weighted by atomic mass is 10.1. The summed E-state index contributed by atoms with van der Waals surface area (Å²) in [6, 6.07) is 17.1. The molecule has 0 saturated carbocycles. The third-order valence-corrected chi connectivity index (χ3v) is 4.62. The number of nitrogens with zero attached hydrogens (tertiary/aromatic N) is 3. The highest BCUT2D eigenvalue weighted by atomic mass is 127. The SMILES string of the molecule is CN=C(NCCc1cc(C)cc(C)c1)NCc1nccn1Cc1ccccc1.I. The Hall–Kier alpha value is -2.35. The van der Waals surface area contributed by atoms with Gasteiger partial charge < -0.3 is 15.2 Å². The molecule has 0 aliphatic carbocycles. The van der Waals surface area contributed by atoms with Gasteiger partial charge in [-0.1, -0.05) is 59.7 Å². The number of nitrogens with one attached hydrogen (secondary N) is 2. The summed E-state index contributed by atoms with van der Waals surface area (Å²) in [6.45, 7) is 6.56. The molecule has 154 valence electrons. The molecule has 0 atom stereocenters. The highest BCUT2D eigenvalue weighted by Crippen LogP contribution is 2.09. The van der Waals surface area contributed by atoms with Crippen molar-refractivity contribution >= 4 is 29.9 Å². The number of guanidine groups is 1. The predicted molar refractivity (Wildman–Crippen MR) is 131 cm³/mol. The summed E-state index contributed by atoms with van der Waals surface area (Å²) < 4.78 is 2.16. The van der Waals surface area contributed by atoms with Crippen LogP contribution in [-0.4, -0.2) is 29.1 Å². The van der Waals surface area contributed by atoms with Gasteiger partial charge in [0.2, 0.25) is 0 Å². The lowest BCUT2D eigenvalue weighted by molar-refractivity contribution is 0.687. The largest absolute Gasteiger partial charge is 0.356 e. The van der Waals surface area contributed by atoms with Crippen molar-refractivity contribution in [1.82, 2.24) is 20.2 Å². The number of imidazole rings is 1. The van der Waals surface area contributed by atoms with E-state index in [9.17, 15) is 0 Å². The second kappa shape index (κ2) is 11.6. The third kappa shape index (κ3) is 7.20. The maximum atomic E-state index is 4.48. The minimum Gasteiger partial charge on any atom is -0.356 e. The van der Waals surface area contributed by atoms with Gasteiger partial charge in [0, 0.05) is 32.5 Å². The second-order valence-electron chi connectivity index (χ2n) is 7.06. The Morgan fingerprint density at radius 1 is 1.00 bits per heavy atom. The van der Waals surface area contributed by atoms with E-state index >= 15 is 0 Å². The van der Waals surface area contributed by atoms with Gasteiger partial charge in [-0.25, -0.2) is 4.98 Å². The number of aryl methyl sites for hydroxylation is 2. The predicted octanol–water partition coefficient (Wildman–Crippen LogP) is 4.07. The molecule has 0 aliphatic heterocycles. The van der Waals surface area contributed by atoms with E-state index in [0.29, 0.717) is 6.54 Å². The maximum absolute atomic E-state index is 4.48. The number of aliphatic imine (C=N–C) groups is 1. The fourth-order valence-corrected chi connectivity index (χ4v) is 3.35. The van der Waals surface area contributed by atoms with Crippen molar-refractivity contribution in [2.75, 3.05) is 13.6 Å². The number of benzene rings is 2. The molecule has 0 unspecified atom stereocenters.